The van der Waals surface area contributed by atoms with E-state index in [1.54, 1.807) is 7.11 Å². The van der Waals surface area contributed by atoms with Gasteiger partial charge in [-0.3, -0.25) is 9.59 Å². The monoisotopic (exact) mass is 310 g/mol. The van der Waals surface area contributed by atoms with Crippen LogP contribution in [0.2, 0.25) is 0 Å². The molecule has 2 N–H and O–H groups in total. The third-order valence-electron chi connectivity index (χ3n) is 3.12. The second-order valence-electron chi connectivity index (χ2n) is 5.05. The lowest BCUT2D eigenvalue weighted by Crippen LogP contribution is -2.20. The minimum atomic E-state index is -0.539. The van der Waals surface area contributed by atoms with Gasteiger partial charge in [-0.25, -0.2) is 4.39 Å². The summed E-state index contributed by atoms with van der Waals surface area (Å²) in [4.78, 5) is 23.3. The number of halogens is 1. The van der Waals surface area contributed by atoms with Gasteiger partial charge in [0.05, 0.1) is 18.9 Å². The highest BCUT2D eigenvalue weighted by Gasteiger charge is 2.30. The normalized spacial score (nSPS) is 13.7. The number of carbonyl (C=O) groups is 2. The Morgan fingerprint density at radius 2 is 2.05 bits per heavy atom. The van der Waals surface area contributed by atoms with E-state index in [0.717, 1.165) is 12.8 Å². The minimum Gasteiger partial charge on any atom is -0.382 e. The first-order valence-corrected chi connectivity index (χ1v) is 7.07. The van der Waals surface area contributed by atoms with Crippen molar-refractivity contribution in [2.24, 2.45) is 5.92 Å². The van der Waals surface area contributed by atoms with Crippen molar-refractivity contribution < 1.29 is 23.5 Å². The second kappa shape index (κ2) is 7.86. The predicted octanol–water partition coefficient (Wildman–Crippen LogP) is 1.78. The van der Waals surface area contributed by atoms with Crippen molar-refractivity contribution in [3.63, 3.8) is 0 Å². The number of rotatable bonds is 8. The Morgan fingerprint density at radius 3 is 2.73 bits per heavy atom. The zero-order valence-corrected chi connectivity index (χ0v) is 12.4. The molecule has 7 heteroatoms. The summed E-state index contributed by atoms with van der Waals surface area (Å²) in [5.74, 6) is -1.11. The Kier molecular flexibility index (Phi) is 5.85. The van der Waals surface area contributed by atoms with Gasteiger partial charge in [0.15, 0.2) is 0 Å². The molecule has 0 bridgehead atoms. The molecule has 6 nitrogen and oxygen atoms in total. The maximum absolute atomic E-state index is 13.7. The molecule has 1 aliphatic rings. The summed E-state index contributed by atoms with van der Waals surface area (Å²) in [6, 6.07) is 4.02. The number of anilines is 2. The van der Waals surface area contributed by atoms with E-state index < -0.39 is 5.82 Å². The molecular formula is C15H19FN2O4. The van der Waals surface area contributed by atoms with E-state index in [1.165, 1.54) is 18.2 Å². The Labute approximate surface area is 128 Å². The average Bonchev–Trinajstić information content (AvgIpc) is 3.32. The fourth-order valence-corrected chi connectivity index (χ4v) is 1.78. The van der Waals surface area contributed by atoms with Crippen molar-refractivity contribution in [1.82, 2.24) is 0 Å². The van der Waals surface area contributed by atoms with Crippen LogP contribution in [0.15, 0.2) is 18.2 Å². The molecule has 0 aromatic heterocycles. The molecule has 2 rings (SSSR count). The van der Waals surface area contributed by atoms with Crippen molar-refractivity contribution >= 4 is 23.2 Å². The number of benzene rings is 1. The van der Waals surface area contributed by atoms with Gasteiger partial charge in [0.1, 0.15) is 12.4 Å². The van der Waals surface area contributed by atoms with E-state index >= 15 is 0 Å². The summed E-state index contributed by atoms with van der Waals surface area (Å²) < 4.78 is 23.6. The summed E-state index contributed by atoms with van der Waals surface area (Å²) in [6.07, 6.45) is 1.67. The van der Waals surface area contributed by atoms with Crippen LogP contribution in [-0.4, -0.2) is 38.7 Å². The lowest BCUT2D eigenvalue weighted by atomic mass is 10.2. The van der Waals surface area contributed by atoms with Crippen molar-refractivity contribution in [3.8, 4) is 0 Å². The molecule has 0 unspecified atom stereocenters. The van der Waals surface area contributed by atoms with Crippen molar-refractivity contribution in [1.29, 1.82) is 0 Å². The highest BCUT2D eigenvalue weighted by molar-refractivity contribution is 5.96. The third-order valence-corrected chi connectivity index (χ3v) is 3.12. The summed E-state index contributed by atoms with van der Waals surface area (Å²) in [7, 11) is 1.54. The van der Waals surface area contributed by atoms with E-state index in [0.29, 0.717) is 18.9 Å². The fraction of sp³-hybridized carbons (Fsp3) is 0.467. The summed E-state index contributed by atoms with van der Waals surface area (Å²) in [5.41, 5.74) is 0.461. The van der Waals surface area contributed by atoms with E-state index in [2.05, 4.69) is 10.6 Å². The summed E-state index contributed by atoms with van der Waals surface area (Å²) in [5, 5.41) is 5.11. The van der Waals surface area contributed by atoms with E-state index in [9.17, 15) is 14.0 Å². The zero-order chi connectivity index (χ0) is 15.9. The van der Waals surface area contributed by atoms with Crippen LogP contribution in [0.3, 0.4) is 0 Å². The number of amides is 2. The van der Waals surface area contributed by atoms with E-state index in [4.69, 9.17) is 9.47 Å². The molecule has 2 amide bonds. The Morgan fingerprint density at radius 1 is 1.27 bits per heavy atom. The number of carbonyl (C=O) groups excluding carboxylic acids is 2. The molecule has 1 aromatic carbocycles. The molecule has 1 saturated carbocycles. The van der Waals surface area contributed by atoms with Crippen molar-refractivity contribution in [3.05, 3.63) is 24.0 Å². The SMILES string of the molecule is COCCOCC(=O)Nc1ccc(F)c(NC(=O)C2CC2)c1. The highest BCUT2D eigenvalue weighted by atomic mass is 19.1. The standard InChI is InChI=1S/C15H19FN2O4/c1-21-6-7-22-9-14(19)17-11-4-5-12(16)13(8-11)18-15(20)10-2-3-10/h4-5,8,10H,2-3,6-7,9H2,1H3,(H,17,19)(H,18,20). The van der Waals surface area contributed by atoms with Gasteiger partial charge in [-0.1, -0.05) is 0 Å². The highest BCUT2D eigenvalue weighted by Crippen LogP contribution is 2.31. The molecule has 0 radical (unpaired) electrons. The van der Waals surface area contributed by atoms with Crippen LogP contribution in [0, 0.1) is 11.7 Å². The van der Waals surface area contributed by atoms with E-state index in [-0.39, 0.29) is 30.0 Å². The molecule has 22 heavy (non-hydrogen) atoms. The van der Waals surface area contributed by atoms with Crippen LogP contribution >= 0.6 is 0 Å². The number of ether oxygens (including phenoxy) is 2. The Bertz CT molecular complexity index is 546. The van der Waals surface area contributed by atoms with Crippen LogP contribution in [0.4, 0.5) is 15.8 Å². The molecule has 0 saturated heterocycles. The lowest BCUT2D eigenvalue weighted by Gasteiger charge is -2.10. The largest absolute Gasteiger partial charge is 0.382 e. The van der Waals surface area contributed by atoms with Gasteiger partial charge in [0.25, 0.3) is 0 Å². The molecule has 1 fully saturated rings. The van der Waals surface area contributed by atoms with Gasteiger partial charge in [-0.2, -0.15) is 0 Å². The van der Waals surface area contributed by atoms with E-state index in [1.807, 2.05) is 0 Å². The minimum absolute atomic E-state index is 0.0215. The van der Waals surface area contributed by atoms with Gasteiger partial charge in [-0.05, 0) is 31.0 Å². The zero-order valence-electron chi connectivity index (χ0n) is 12.4. The molecule has 1 aliphatic carbocycles. The van der Waals surface area contributed by atoms with Gasteiger partial charge in [-0.15, -0.1) is 0 Å². The number of methoxy groups -OCH3 is 1. The van der Waals surface area contributed by atoms with Gasteiger partial charge in [0, 0.05) is 18.7 Å². The Balaban J connectivity index is 1.87. The second-order valence-corrected chi connectivity index (χ2v) is 5.05. The number of nitrogens with one attached hydrogen (secondary N) is 2. The number of hydrogen-bond acceptors (Lipinski definition) is 4. The lowest BCUT2D eigenvalue weighted by molar-refractivity contribution is -0.121. The fourth-order valence-electron chi connectivity index (χ4n) is 1.78. The third kappa shape index (κ3) is 5.09. The topological polar surface area (TPSA) is 76.7 Å². The first-order valence-electron chi connectivity index (χ1n) is 7.07. The van der Waals surface area contributed by atoms with Crippen LogP contribution in [-0.2, 0) is 19.1 Å². The average molecular weight is 310 g/mol. The van der Waals surface area contributed by atoms with Crippen LogP contribution in [0.5, 0.6) is 0 Å². The van der Waals surface area contributed by atoms with Crippen LogP contribution < -0.4 is 10.6 Å². The quantitative estimate of drug-likeness (QED) is 0.718. The predicted molar refractivity (Wildman–Crippen MR) is 79.1 cm³/mol. The molecule has 0 aliphatic heterocycles. The van der Waals surface area contributed by atoms with Gasteiger partial charge >= 0.3 is 0 Å². The molecule has 0 heterocycles. The van der Waals surface area contributed by atoms with Gasteiger partial charge in [0.2, 0.25) is 11.8 Å². The van der Waals surface area contributed by atoms with Crippen LogP contribution in [0.1, 0.15) is 12.8 Å². The van der Waals surface area contributed by atoms with Crippen LogP contribution in [0.25, 0.3) is 0 Å². The maximum atomic E-state index is 13.7. The molecule has 0 spiro atoms. The van der Waals surface area contributed by atoms with Crippen molar-refractivity contribution in [2.75, 3.05) is 37.6 Å². The first-order chi connectivity index (χ1) is 10.6. The Hall–Kier alpha value is -1.99. The summed E-state index contributed by atoms with van der Waals surface area (Å²) in [6.45, 7) is 0.599. The van der Waals surface area contributed by atoms with Gasteiger partial charge < -0.3 is 20.1 Å². The van der Waals surface area contributed by atoms with Crippen molar-refractivity contribution in [2.45, 2.75) is 12.8 Å². The molecule has 0 atom stereocenters. The molecular weight excluding hydrogens is 291 g/mol. The smallest absolute Gasteiger partial charge is 0.250 e. The first kappa shape index (κ1) is 16.4. The number of hydrogen-bond donors (Lipinski definition) is 2. The summed E-state index contributed by atoms with van der Waals surface area (Å²) >= 11 is 0. The molecule has 120 valence electrons. The molecule has 1 aromatic rings. The maximum Gasteiger partial charge on any atom is 0.250 e.